The molecule has 1 heterocycles. The van der Waals surface area contributed by atoms with Crippen LogP contribution in [0, 0.1) is 0 Å². The molecule has 0 bridgehead atoms. The van der Waals surface area contributed by atoms with Crippen molar-refractivity contribution < 1.29 is 0 Å². The van der Waals surface area contributed by atoms with E-state index in [1.165, 1.54) is 15.9 Å². The summed E-state index contributed by atoms with van der Waals surface area (Å²) in [5.74, 6) is 0. The van der Waals surface area contributed by atoms with E-state index in [4.69, 9.17) is 0 Å². The molecular formula is C15H21N3S. The number of thiazole rings is 1. The Morgan fingerprint density at radius 2 is 1.84 bits per heavy atom. The van der Waals surface area contributed by atoms with E-state index in [0.717, 1.165) is 30.5 Å². The van der Waals surface area contributed by atoms with Gasteiger partial charge >= 0.3 is 0 Å². The van der Waals surface area contributed by atoms with Gasteiger partial charge in [0, 0.05) is 12.8 Å². The molecule has 2 rings (SSSR count). The fourth-order valence-corrected chi connectivity index (χ4v) is 3.06. The van der Waals surface area contributed by atoms with Gasteiger partial charge in [-0.15, -0.1) is 5.10 Å². The molecule has 3 nitrogen and oxygen atoms in total. The van der Waals surface area contributed by atoms with Crippen molar-refractivity contribution in [3.05, 3.63) is 29.1 Å². The Labute approximate surface area is 118 Å². The van der Waals surface area contributed by atoms with Crippen molar-refractivity contribution in [2.45, 2.75) is 39.5 Å². The third-order valence-corrected chi connectivity index (χ3v) is 4.17. The highest BCUT2D eigenvalue weighted by molar-refractivity contribution is 7.16. The number of hydrogen-bond donors (Lipinski definition) is 0. The number of para-hydroxylation sites is 1. The molecule has 0 aliphatic heterocycles. The standard InChI is InChI=1S/C15H21N3S/c1-4-8-12(9-5-2)16-17-15-18(3)13-10-6-7-11-14(13)19-15/h6-7,10-11H,4-5,8-9H2,1-3H3. The van der Waals surface area contributed by atoms with E-state index in [9.17, 15) is 0 Å². The molecule has 0 N–H and O–H groups in total. The van der Waals surface area contributed by atoms with E-state index in [0.29, 0.717) is 0 Å². The first-order chi connectivity index (χ1) is 9.26. The van der Waals surface area contributed by atoms with Crippen LogP contribution in [0.2, 0.25) is 0 Å². The van der Waals surface area contributed by atoms with Crippen LogP contribution in [0.4, 0.5) is 0 Å². The van der Waals surface area contributed by atoms with Crippen molar-refractivity contribution >= 4 is 27.3 Å². The van der Waals surface area contributed by atoms with Crippen molar-refractivity contribution in [3.8, 4) is 0 Å². The summed E-state index contributed by atoms with van der Waals surface area (Å²) in [4.78, 5) is 0.964. The van der Waals surface area contributed by atoms with Gasteiger partial charge in [-0.3, -0.25) is 0 Å². The summed E-state index contributed by atoms with van der Waals surface area (Å²) in [5.41, 5.74) is 2.43. The van der Waals surface area contributed by atoms with Gasteiger partial charge in [0.25, 0.3) is 0 Å². The normalized spacial score (nSPS) is 12.1. The molecule has 0 atom stereocenters. The zero-order valence-electron chi connectivity index (χ0n) is 11.9. The van der Waals surface area contributed by atoms with E-state index in [2.05, 4.69) is 52.9 Å². The molecular weight excluding hydrogens is 254 g/mol. The fraction of sp³-hybridized carbons (Fsp3) is 0.467. The summed E-state index contributed by atoms with van der Waals surface area (Å²) in [7, 11) is 2.05. The average Bonchev–Trinajstić information content (AvgIpc) is 2.74. The molecule has 0 spiro atoms. The highest BCUT2D eigenvalue weighted by Gasteiger charge is 2.01. The van der Waals surface area contributed by atoms with Crippen LogP contribution < -0.4 is 4.80 Å². The van der Waals surface area contributed by atoms with Gasteiger partial charge in [-0.1, -0.05) is 50.2 Å². The molecule has 0 aliphatic carbocycles. The largest absolute Gasteiger partial charge is 0.318 e. The third-order valence-electron chi connectivity index (χ3n) is 3.07. The van der Waals surface area contributed by atoms with Gasteiger partial charge in [0.05, 0.1) is 10.2 Å². The number of nitrogens with zero attached hydrogens (tertiary/aromatic N) is 3. The maximum absolute atomic E-state index is 4.46. The Kier molecular flexibility index (Phi) is 4.91. The Hall–Kier alpha value is -1.42. The lowest BCUT2D eigenvalue weighted by atomic mass is 10.1. The van der Waals surface area contributed by atoms with Gasteiger partial charge in [-0.05, 0) is 25.0 Å². The van der Waals surface area contributed by atoms with Crippen LogP contribution in [0.5, 0.6) is 0 Å². The van der Waals surface area contributed by atoms with Crippen molar-refractivity contribution in [1.82, 2.24) is 4.57 Å². The number of hydrogen-bond acceptors (Lipinski definition) is 3. The van der Waals surface area contributed by atoms with Crippen LogP contribution in [0.3, 0.4) is 0 Å². The molecule has 0 radical (unpaired) electrons. The minimum Gasteiger partial charge on any atom is -0.318 e. The Bertz CT molecular complexity index is 626. The van der Waals surface area contributed by atoms with E-state index >= 15 is 0 Å². The number of rotatable bonds is 5. The SMILES string of the molecule is CCCC(CCC)=NN=c1sc2ccccc2n1C. The summed E-state index contributed by atoms with van der Waals surface area (Å²) in [6.07, 6.45) is 4.36. The lowest BCUT2D eigenvalue weighted by Crippen LogP contribution is -2.09. The summed E-state index contributed by atoms with van der Waals surface area (Å²) >= 11 is 1.69. The number of fused-ring (bicyclic) bond motifs is 1. The highest BCUT2D eigenvalue weighted by atomic mass is 32.1. The smallest absolute Gasteiger partial charge is 0.211 e. The zero-order valence-corrected chi connectivity index (χ0v) is 12.7. The predicted molar refractivity (Wildman–Crippen MR) is 83.6 cm³/mol. The zero-order chi connectivity index (χ0) is 13.7. The van der Waals surface area contributed by atoms with Gasteiger partial charge < -0.3 is 4.57 Å². The molecule has 0 aliphatic rings. The lowest BCUT2D eigenvalue weighted by molar-refractivity contribution is 0.866. The van der Waals surface area contributed by atoms with Gasteiger partial charge in [0.1, 0.15) is 0 Å². The maximum atomic E-state index is 4.46. The maximum Gasteiger partial charge on any atom is 0.211 e. The van der Waals surface area contributed by atoms with Gasteiger partial charge in [-0.25, -0.2) is 0 Å². The van der Waals surface area contributed by atoms with Gasteiger partial charge in [0.15, 0.2) is 0 Å². The molecule has 0 saturated carbocycles. The third kappa shape index (κ3) is 3.32. The Balaban J connectivity index is 2.39. The summed E-state index contributed by atoms with van der Waals surface area (Å²) in [6, 6.07) is 8.36. The lowest BCUT2D eigenvalue weighted by Gasteiger charge is -1.99. The summed E-state index contributed by atoms with van der Waals surface area (Å²) in [6.45, 7) is 4.37. The van der Waals surface area contributed by atoms with Crippen LogP contribution in [0.25, 0.3) is 10.2 Å². The van der Waals surface area contributed by atoms with Gasteiger partial charge in [0.2, 0.25) is 4.80 Å². The van der Waals surface area contributed by atoms with E-state index in [1.807, 2.05) is 7.05 Å². The van der Waals surface area contributed by atoms with E-state index in [1.54, 1.807) is 11.3 Å². The fourth-order valence-electron chi connectivity index (χ4n) is 2.09. The number of benzene rings is 1. The van der Waals surface area contributed by atoms with Crippen molar-refractivity contribution in [2.75, 3.05) is 0 Å². The minimum atomic E-state index is 0.964. The highest BCUT2D eigenvalue weighted by Crippen LogP contribution is 2.15. The summed E-state index contributed by atoms with van der Waals surface area (Å²) < 4.78 is 3.37. The quantitative estimate of drug-likeness (QED) is 0.581. The number of aromatic nitrogens is 1. The minimum absolute atomic E-state index is 0.964. The molecule has 0 fully saturated rings. The molecule has 19 heavy (non-hydrogen) atoms. The molecule has 2 aromatic rings. The van der Waals surface area contributed by atoms with Crippen LogP contribution in [0.15, 0.2) is 34.5 Å². The topological polar surface area (TPSA) is 29.6 Å². The molecule has 102 valence electrons. The molecule has 0 saturated heterocycles. The first kappa shape index (κ1) is 14.0. The molecule has 0 unspecified atom stereocenters. The van der Waals surface area contributed by atoms with Crippen LogP contribution >= 0.6 is 11.3 Å². The van der Waals surface area contributed by atoms with Crippen LogP contribution in [-0.4, -0.2) is 10.3 Å². The molecule has 0 amide bonds. The van der Waals surface area contributed by atoms with Crippen molar-refractivity contribution in [2.24, 2.45) is 17.3 Å². The summed E-state index contributed by atoms with van der Waals surface area (Å²) in [5, 5.41) is 8.91. The second-order valence-corrected chi connectivity index (χ2v) is 5.69. The molecule has 4 heteroatoms. The van der Waals surface area contributed by atoms with Gasteiger partial charge in [-0.2, -0.15) is 5.10 Å². The van der Waals surface area contributed by atoms with E-state index in [-0.39, 0.29) is 0 Å². The van der Waals surface area contributed by atoms with Crippen LogP contribution in [0.1, 0.15) is 39.5 Å². The monoisotopic (exact) mass is 275 g/mol. The predicted octanol–water partition coefficient (Wildman–Crippen LogP) is 4.10. The second-order valence-electron chi connectivity index (χ2n) is 4.68. The van der Waals surface area contributed by atoms with E-state index < -0.39 is 0 Å². The number of aryl methyl sites for hydroxylation is 1. The van der Waals surface area contributed by atoms with Crippen molar-refractivity contribution in [1.29, 1.82) is 0 Å². The Morgan fingerprint density at radius 3 is 2.47 bits per heavy atom. The molecule has 1 aromatic carbocycles. The Morgan fingerprint density at radius 1 is 1.16 bits per heavy atom. The first-order valence-corrected chi connectivity index (χ1v) is 7.72. The molecule has 1 aromatic heterocycles. The average molecular weight is 275 g/mol. The van der Waals surface area contributed by atoms with Crippen molar-refractivity contribution in [3.63, 3.8) is 0 Å². The second kappa shape index (κ2) is 6.66. The van der Waals surface area contributed by atoms with Crippen LogP contribution in [-0.2, 0) is 7.05 Å². The first-order valence-electron chi connectivity index (χ1n) is 6.90.